The molecular formula is C53H52ClF2N11O4. The first-order valence-electron chi connectivity index (χ1n) is 24.3. The van der Waals surface area contributed by atoms with Gasteiger partial charge in [-0.25, -0.2) is 23.4 Å². The van der Waals surface area contributed by atoms with Gasteiger partial charge in [0.2, 0.25) is 23.7 Å². The number of aliphatic imine (C=N–C) groups is 1. The molecule has 1 saturated carbocycles. The van der Waals surface area contributed by atoms with Crippen LogP contribution in [-0.4, -0.2) is 77.8 Å². The van der Waals surface area contributed by atoms with Gasteiger partial charge in [0.1, 0.15) is 23.4 Å². The fraction of sp³-hybridized carbons (Fsp3) is 0.340. The molecule has 364 valence electrons. The molecule has 18 heteroatoms. The van der Waals surface area contributed by atoms with Gasteiger partial charge in [-0.05, 0) is 100 Å². The number of rotatable bonds is 16. The van der Waals surface area contributed by atoms with Gasteiger partial charge >= 0.3 is 0 Å². The van der Waals surface area contributed by atoms with Crippen molar-refractivity contribution in [3.8, 4) is 22.5 Å². The first kappa shape index (κ1) is 47.4. The maximum atomic E-state index is 15.0. The molecule has 4 aliphatic rings. The van der Waals surface area contributed by atoms with E-state index < -0.39 is 23.6 Å². The number of unbranched alkanes of at least 4 members (excludes halogenated alkanes) is 4. The van der Waals surface area contributed by atoms with E-state index in [1.54, 1.807) is 42.6 Å². The Balaban J connectivity index is 0.637. The summed E-state index contributed by atoms with van der Waals surface area (Å²) in [7, 11) is 0. The Hall–Kier alpha value is -7.24. The highest BCUT2D eigenvalue weighted by Gasteiger charge is 2.40. The minimum Gasteiger partial charge on any atom is -0.326 e. The van der Waals surface area contributed by atoms with Crippen LogP contribution in [0.4, 0.5) is 26.1 Å². The largest absolute Gasteiger partial charge is 0.326 e. The molecule has 4 amide bonds. The number of carbonyl (C=O) groups is 4. The quantitative estimate of drug-likeness (QED) is 0.0538. The topological polar surface area (TPSA) is 188 Å². The maximum Gasteiger partial charge on any atom is 0.255 e. The number of amides is 4. The van der Waals surface area contributed by atoms with Crippen LogP contribution in [0.2, 0.25) is 5.02 Å². The highest BCUT2D eigenvalue weighted by atomic mass is 35.5. The molecule has 1 atom stereocenters. The van der Waals surface area contributed by atoms with Crippen LogP contribution >= 0.6 is 11.6 Å². The zero-order chi connectivity index (χ0) is 49.0. The second kappa shape index (κ2) is 21.0. The van der Waals surface area contributed by atoms with E-state index in [2.05, 4.69) is 41.6 Å². The Bertz CT molecular complexity index is 3030. The van der Waals surface area contributed by atoms with E-state index >= 15 is 0 Å². The van der Waals surface area contributed by atoms with Crippen LogP contribution < -0.4 is 21.3 Å². The van der Waals surface area contributed by atoms with E-state index in [-0.39, 0.29) is 61.0 Å². The molecule has 1 saturated heterocycles. The third-order valence-electron chi connectivity index (χ3n) is 13.9. The number of nitrogens with one attached hydrogen (secondary N) is 4. The summed E-state index contributed by atoms with van der Waals surface area (Å²) in [6.45, 7) is 1.30. The molecule has 15 nitrogen and oxygen atoms in total. The Morgan fingerprint density at radius 2 is 1.62 bits per heavy atom. The maximum absolute atomic E-state index is 15.0. The summed E-state index contributed by atoms with van der Waals surface area (Å²) in [5, 5.41) is 21.8. The number of benzene rings is 4. The molecule has 3 aliphatic heterocycles. The number of imide groups is 1. The van der Waals surface area contributed by atoms with Crippen molar-refractivity contribution in [3.63, 3.8) is 0 Å². The molecule has 0 spiro atoms. The second-order valence-corrected chi connectivity index (χ2v) is 19.0. The predicted octanol–water partition coefficient (Wildman–Crippen LogP) is 9.24. The molecule has 1 aliphatic carbocycles. The standard InChI is InChI=1S/C53H52ClF2N11O4/c54-33-15-22-37-39(26-33)50(48-41(55)9-7-10-42(48)56)58-27-32-28-59-53(63-49(32)37)60-35-16-13-31(14-17-35)44-30-67(65-64-44)36-20-18-34(19-21-36)57-25-5-3-1-2-4-12-46(68)61-43-11-6-8-38-40(43)29-66(52(38)71)45-23-24-47(69)62-51(45)70/h6-11,13-17,22,26,28,30,34,36,45,57H,1-5,12,18-21,23-25,27,29H2,(H,61,68)(H,59,60,63)(H,62,69,70). The Morgan fingerprint density at radius 3 is 2.42 bits per heavy atom. The monoisotopic (exact) mass is 979 g/mol. The van der Waals surface area contributed by atoms with Crippen molar-refractivity contribution < 1.29 is 28.0 Å². The number of halogens is 3. The van der Waals surface area contributed by atoms with Gasteiger partial charge in [0, 0.05) is 81.4 Å². The van der Waals surface area contributed by atoms with E-state index in [4.69, 9.17) is 16.6 Å². The zero-order valence-corrected chi connectivity index (χ0v) is 39.7. The van der Waals surface area contributed by atoms with Crippen LogP contribution in [0.3, 0.4) is 0 Å². The van der Waals surface area contributed by atoms with Crippen molar-refractivity contribution in [1.82, 2.24) is 40.5 Å². The lowest BCUT2D eigenvalue weighted by atomic mass is 9.91. The van der Waals surface area contributed by atoms with Crippen LogP contribution in [0.25, 0.3) is 22.5 Å². The third-order valence-corrected chi connectivity index (χ3v) is 14.1. The van der Waals surface area contributed by atoms with Gasteiger partial charge < -0.3 is 20.9 Å². The Labute approximate surface area is 413 Å². The van der Waals surface area contributed by atoms with E-state index in [0.717, 1.165) is 81.3 Å². The molecular weight excluding hydrogens is 928 g/mol. The van der Waals surface area contributed by atoms with Gasteiger partial charge in [-0.15, -0.1) is 5.10 Å². The number of hydrogen-bond donors (Lipinski definition) is 4. The molecule has 0 bridgehead atoms. The normalized spacial score (nSPS) is 18.5. The first-order valence-corrected chi connectivity index (χ1v) is 24.7. The van der Waals surface area contributed by atoms with Crippen LogP contribution in [0, 0.1) is 11.6 Å². The summed E-state index contributed by atoms with van der Waals surface area (Å²) in [4.78, 5) is 65.5. The average molecular weight is 981 g/mol. The van der Waals surface area contributed by atoms with Gasteiger partial charge in [0.05, 0.1) is 35.8 Å². The van der Waals surface area contributed by atoms with Crippen molar-refractivity contribution in [2.75, 3.05) is 17.2 Å². The molecule has 2 fully saturated rings. The molecule has 10 rings (SSSR count). The van der Waals surface area contributed by atoms with Crippen molar-refractivity contribution in [2.45, 2.75) is 108 Å². The lowest BCUT2D eigenvalue weighted by Crippen LogP contribution is -2.52. The fourth-order valence-electron chi connectivity index (χ4n) is 10.1. The van der Waals surface area contributed by atoms with Gasteiger partial charge in [0.15, 0.2) is 0 Å². The first-order chi connectivity index (χ1) is 34.6. The number of aromatic nitrogens is 5. The van der Waals surface area contributed by atoms with Crippen molar-refractivity contribution in [2.24, 2.45) is 4.99 Å². The third kappa shape index (κ3) is 10.5. The van der Waals surface area contributed by atoms with Crippen LogP contribution in [0.1, 0.15) is 116 Å². The van der Waals surface area contributed by atoms with E-state index in [0.29, 0.717) is 62.6 Å². The summed E-state index contributed by atoms with van der Waals surface area (Å²) in [6, 6.07) is 22.0. The van der Waals surface area contributed by atoms with E-state index in [9.17, 15) is 28.0 Å². The molecule has 5 heterocycles. The molecule has 71 heavy (non-hydrogen) atoms. The summed E-state index contributed by atoms with van der Waals surface area (Å²) in [6.07, 6.45) is 13.6. The van der Waals surface area contributed by atoms with E-state index in [1.807, 2.05) is 35.1 Å². The minimum absolute atomic E-state index is 0.0974. The summed E-state index contributed by atoms with van der Waals surface area (Å²) in [5.41, 5.74) is 6.60. The number of fused-ring (bicyclic) bond motifs is 4. The summed E-state index contributed by atoms with van der Waals surface area (Å²) in [5.74, 6) is -2.23. The Morgan fingerprint density at radius 1 is 0.845 bits per heavy atom. The average Bonchev–Trinajstić information content (AvgIpc) is 3.96. The number of carbonyl (C=O) groups excluding carboxylic acids is 4. The molecule has 4 aromatic carbocycles. The molecule has 1 unspecified atom stereocenters. The van der Waals surface area contributed by atoms with Crippen LogP contribution in [0.15, 0.2) is 96.2 Å². The summed E-state index contributed by atoms with van der Waals surface area (Å²) >= 11 is 6.39. The van der Waals surface area contributed by atoms with Crippen molar-refractivity contribution >= 4 is 58.3 Å². The molecule has 6 aromatic rings. The molecule has 4 N–H and O–H groups in total. The fourth-order valence-corrected chi connectivity index (χ4v) is 10.2. The minimum atomic E-state index is -0.715. The highest BCUT2D eigenvalue weighted by Crippen LogP contribution is 2.36. The van der Waals surface area contributed by atoms with E-state index in [1.165, 1.54) is 23.1 Å². The van der Waals surface area contributed by atoms with Crippen molar-refractivity contribution in [3.05, 3.63) is 136 Å². The smallest absolute Gasteiger partial charge is 0.255 e. The molecule has 0 radical (unpaired) electrons. The zero-order valence-electron chi connectivity index (χ0n) is 38.9. The van der Waals surface area contributed by atoms with Gasteiger partial charge in [-0.3, -0.25) is 29.5 Å². The second-order valence-electron chi connectivity index (χ2n) is 18.6. The van der Waals surface area contributed by atoms with Crippen molar-refractivity contribution in [1.29, 1.82) is 0 Å². The summed E-state index contributed by atoms with van der Waals surface area (Å²) < 4.78 is 32.0. The Kier molecular flexibility index (Phi) is 14.0. The highest BCUT2D eigenvalue weighted by molar-refractivity contribution is 6.31. The van der Waals surface area contributed by atoms with Gasteiger partial charge in [0.25, 0.3) is 5.91 Å². The lowest BCUT2D eigenvalue weighted by molar-refractivity contribution is -0.137. The van der Waals surface area contributed by atoms with Gasteiger partial charge in [-0.1, -0.05) is 66.4 Å². The van der Waals surface area contributed by atoms with Gasteiger partial charge in [-0.2, -0.15) is 0 Å². The van der Waals surface area contributed by atoms with Crippen LogP contribution in [0.5, 0.6) is 0 Å². The predicted molar refractivity (Wildman–Crippen MR) is 265 cm³/mol. The SMILES string of the molecule is O=C1CCC(N2Cc3c(NC(=O)CCCCCCCNC4CCC(n5cc(-c6ccc(Nc7ncc8c(n7)-c7ccc(Cl)cc7C(c7c(F)cccc7F)=NC8)cc6)nn5)CC4)cccc3C2=O)C(=O)N1. The molecule has 2 aromatic heterocycles. The number of piperidine rings is 1. The number of anilines is 3. The van der Waals surface area contributed by atoms with Crippen LogP contribution in [-0.2, 0) is 27.5 Å². The number of hydrogen-bond acceptors (Lipinski definition) is 11. The number of nitrogens with zero attached hydrogens (tertiary/aromatic N) is 7. The lowest BCUT2D eigenvalue weighted by Gasteiger charge is -2.29.